The van der Waals surface area contributed by atoms with Crippen LogP contribution in [0.15, 0.2) is 46.4 Å². The first kappa shape index (κ1) is 18.9. The van der Waals surface area contributed by atoms with Crippen molar-refractivity contribution in [3.05, 3.63) is 47.0 Å². The number of hydrazone groups is 1. The van der Waals surface area contributed by atoms with Gasteiger partial charge in [-0.15, -0.1) is 0 Å². The van der Waals surface area contributed by atoms with E-state index in [0.29, 0.717) is 16.3 Å². The second-order valence-electron chi connectivity index (χ2n) is 4.97. The van der Waals surface area contributed by atoms with E-state index in [0.717, 1.165) is 0 Å². The van der Waals surface area contributed by atoms with Crippen molar-refractivity contribution < 1.29 is 23.0 Å². The van der Waals surface area contributed by atoms with Crippen molar-refractivity contribution in [3.63, 3.8) is 0 Å². The Kier molecular flexibility index (Phi) is 5.76. The summed E-state index contributed by atoms with van der Waals surface area (Å²) in [5.74, 6) is 0.511. The van der Waals surface area contributed by atoms with Crippen LogP contribution in [0.5, 0.6) is 17.2 Å². The van der Waals surface area contributed by atoms with E-state index in [9.17, 15) is 13.5 Å². The molecule has 0 unspecified atom stereocenters. The number of rotatable bonds is 6. The monoisotopic (exact) mass is 384 g/mol. The average Bonchev–Trinajstić information content (AvgIpc) is 2.61. The van der Waals surface area contributed by atoms with E-state index in [2.05, 4.69) is 9.93 Å². The number of hydrogen-bond donors (Lipinski definition) is 2. The molecule has 25 heavy (non-hydrogen) atoms. The molecular formula is C16H17ClN2O5S. The van der Waals surface area contributed by atoms with Gasteiger partial charge in [-0.3, -0.25) is 0 Å². The van der Waals surface area contributed by atoms with Crippen molar-refractivity contribution in [2.45, 2.75) is 11.8 Å². The molecule has 0 radical (unpaired) electrons. The van der Waals surface area contributed by atoms with Crippen LogP contribution in [0.25, 0.3) is 0 Å². The highest BCUT2D eigenvalue weighted by molar-refractivity contribution is 7.89. The molecule has 2 aromatic rings. The lowest BCUT2D eigenvalue weighted by Gasteiger charge is -2.11. The van der Waals surface area contributed by atoms with E-state index in [1.54, 1.807) is 6.92 Å². The zero-order valence-electron chi connectivity index (χ0n) is 13.8. The minimum Gasteiger partial charge on any atom is -0.507 e. The lowest BCUT2D eigenvalue weighted by atomic mass is 10.1. The second-order valence-corrected chi connectivity index (χ2v) is 7.04. The number of sulfonamides is 1. The lowest BCUT2D eigenvalue weighted by Crippen LogP contribution is -2.20. The molecule has 0 atom stereocenters. The minimum absolute atomic E-state index is 0.0631. The summed E-state index contributed by atoms with van der Waals surface area (Å²) in [5.41, 5.74) is 0.563. The third kappa shape index (κ3) is 4.34. The number of aromatic hydroxyl groups is 1. The summed E-state index contributed by atoms with van der Waals surface area (Å²) in [7, 11) is -1.17. The van der Waals surface area contributed by atoms with Crippen LogP contribution in [0.2, 0.25) is 5.02 Å². The second kappa shape index (κ2) is 7.62. The molecule has 0 aliphatic heterocycles. The third-order valence-corrected chi connectivity index (χ3v) is 4.83. The smallest absolute Gasteiger partial charge is 0.280 e. The van der Waals surface area contributed by atoms with Crippen molar-refractivity contribution in [2.75, 3.05) is 14.2 Å². The molecule has 0 aromatic heterocycles. The zero-order chi connectivity index (χ0) is 18.6. The Morgan fingerprint density at radius 2 is 1.88 bits per heavy atom. The predicted octanol–water partition coefficient (Wildman–Crippen LogP) is 2.77. The number of methoxy groups -OCH3 is 2. The molecule has 9 heteroatoms. The normalized spacial score (nSPS) is 11.9. The quantitative estimate of drug-likeness (QED) is 0.589. The molecule has 0 amide bonds. The average molecular weight is 385 g/mol. The van der Waals surface area contributed by atoms with E-state index < -0.39 is 10.0 Å². The molecule has 0 fully saturated rings. The van der Waals surface area contributed by atoms with Crippen LogP contribution < -0.4 is 14.3 Å². The number of phenols is 1. The van der Waals surface area contributed by atoms with Crippen LogP contribution in [-0.4, -0.2) is 33.5 Å². The molecule has 0 spiro atoms. The fourth-order valence-corrected chi connectivity index (χ4v) is 3.21. The third-order valence-electron chi connectivity index (χ3n) is 3.34. The van der Waals surface area contributed by atoms with Gasteiger partial charge in [0.15, 0.2) is 0 Å². The van der Waals surface area contributed by atoms with E-state index in [1.807, 2.05) is 0 Å². The number of nitrogens with zero attached hydrogens (tertiary/aromatic N) is 1. The van der Waals surface area contributed by atoms with E-state index in [-0.39, 0.29) is 22.1 Å². The molecule has 2 aromatic carbocycles. The highest BCUT2D eigenvalue weighted by Gasteiger charge is 2.20. The summed E-state index contributed by atoms with van der Waals surface area (Å²) in [6.07, 6.45) is 0. The minimum atomic E-state index is -3.99. The van der Waals surface area contributed by atoms with Crippen molar-refractivity contribution >= 4 is 27.3 Å². The van der Waals surface area contributed by atoms with Gasteiger partial charge in [-0.1, -0.05) is 11.6 Å². The summed E-state index contributed by atoms with van der Waals surface area (Å²) >= 11 is 5.88. The maximum atomic E-state index is 12.5. The summed E-state index contributed by atoms with van der Waals surface area (Å²) in [4.78, 5) is 2.02. The largest absolute Gasteiger partial charge is 0.507 e. The number of hydrogen-bond acceptors (Lipinski definition) is 6. The highest BCUT2D eigenvalue weighted by atomic mass is 35.5. The Morgan fingerprint density at radius 1 is 1.16 bits per heavy atom. The fraction of sp³-hybridized carbons (Fsp3) is 0.188. The molecule has 0 saturated heterocycles. The van der Waals surface area contributed by atoms with Gasteiger partial charge in [0, 0.05) is 16.7 Å². The molecule has 0 heterocycles. The van der Waals surface area contributed by atoms with Crippen LogP contribution in [-0.2, 0) is 10.0 Å². The van der Waals surface area contributed by atoms with Crippen LogP contribution >= 0.6 is 11.6 Å². The van der Waals surface area contributed by atoms with Gasteiger partial charge in [-0.25, -0.2) is 0 Å². The zero-order valence-corrected chi connectivity index (χ0v) is 15.4. The summed E-state index contributed by atoms with van der Waals surface area (Å²) in [6, 6.07) is 8.70. The maximum Gasteiger partial charge on any atom is 0.280 e. The predicted molar refractivity (Wildman–Crippen MR) is 95.2 cm³/mol. The molecule has 2 rings (SSSR count). The van der Waals surface area contributed by atoms with Gasteiger partial charge < -0.3 is 14.6 Å². The topological polar surface area (TPSA) is 97.2 Å². The Bertz CT molecular complexity index is 913. The SMILES string of the molecule is COc1ccc(S(=O)(=O)N/N=C(/C)c2cc(Cl)ccc2O)c(OC)c1. The number of ether oxygens (including phenoxy) is 2. The lowest BCUT2D eigenvalue weighted by molar-refractivity contribution is 0.386. The Balaban J connectivity index is 2.34. The van der Waals surface area contributed by atoms with Crippen molar-refractivity contribution in [3.8, 4) is 17.2 Å². The van der Waals surface area contributed by atoms with Gasteiger partial charge in [0.25, 0.3) is 10.0 Å². The molecule has 7 nitrogen and oxygen atoms in total. The van der Waals surface area contributed by atoms with Gasteiger partial charge in [0.05, 0.1) is 19.9 Å². The molecular weight excluding hydrogens is 368 g/mol. The van der Waals surface area contributed by atoms with Crippen molar-refractivity contribution in [1.29, 1.82) is 0 Å². The number of nitrogens with one attached hydrogen (secondary N) is 1. The number of halogens is 1. The summed E-state index contributed by atoms with van der Waals surface area (Å²) < 4.78 is 35.1. The molecule has 0 aliphatic rings. The van der Waals surface area contributed by atoms with E-state index >= 15 is 0 Å². The van der Waals surface area contributed by atoms with Crippen molar-refractivity contribution in [2.24, 2.45) is 5.10 Å². The molecule has 0 aliphatic carbocycles. The highest BCUT2D eigenvalue weighted by Crippen LogP contribution is 2.28. The molecule has 2 N–H and O–H groups in total. The van der Waals surface area contributed by atoms with Crippen LogP contribution in [0.4, 0.5) is 0 Å². The van der Waals surface area contributed by atoms with Crippen LogP contribution in [0, 0.1) is 0 Å². The van der Waals surface area contributed by atoms with E-state index in [4.69, 9.17) is 21.1 Å². The molecule has 0 bridgehead atoms. The van der Waals surface area contributed by atoms with Gasteiger partial charge >= 0.3 is 0 Å². The Hall–Kier alpha value is -2.45. The maximum absolute atomic E-state index is 12.5. The number of phenolic OH excluding ortho intramolecular Hbond substituents is 1. The van der Waals surface area contributed by atoms with Gasteiger partial charge in [-0.05, 0) is 37.3 Å². The van der Waals surface area contributed by atoms with Crippen LogP contribution in [0.3, 0.4) is 0 Å². The first-order valence-corrected chi connectivity index (χ1v) is 8.91. The van der Waals surface area contributed by atoms with Gasteiger partial charge in [-0.2, -0.15) is 18.4 Å². The van der Waals surface area contributed by atoms with Crippen LogP contribution in [0.1, 0.15) is 12.5 Å². The van der Waals surface area contributed by atoms with Gasteiger partial charge in [0.1, 0.15) is 22.1 Å². The summed E-state index contributed by atoms with van der Waals surface area (Å²) in [5, 5.41) is 14.1. The standard InChI is InChI=1S/C16H17ClN2O5S/c1-10(13-8-11(17)4-6-14(13)20)18-19-25(21,22)16-7-5-12(23-2)9-15(16)24-3/h4-9,19-20H,1-3H3/b18-10-. The number of benzene rings is 2. The summed E-state index contributed by atoms with van der Waals surface area (Å²) in [6.45, 7) is 1.54. The van der Waals surface area contributed by atoms with E-state index in [1.165, 1.54) is 50.6 Å². The van der Waals surface area contributed by atoms with Crippen molar-refractivity contribution in [1.82, 2.24) is 4.83 Å². The Morgan fingerprint density at radius 3 is 2.52 bits per heavy atom. The van der Waals surface area contributed by atoms with Gasteiger partial charge in [0.2, 0.25) is 0 Å². The molecule has 134 valence electrons. The Labute approximate surface area is 150 Å². The molecule has 0 saturated carbocycles. The first-order chi connectivity index (χ1) is 11.8. The first-order valence-electron chi connectivity index (χ1n) is 7.05. The fourth-order valence-electron chi connectivity index (χ4n) is 2.03.